The van der Waals surface area contributed by atoms with Gasteiger partial charge in [0, 0.05) is 17.3 Å². The van der Waals surface area contributed by atoms with E-state index in [1.807, 2.05) is 18.2 Å². The van der Waals surface area contributed by atoms with Crippen LogP contribution in [-0.4, -0.2) is 14.7 Å². The van der Waals surface area contributed by atoms with E-state index in [-0.39, 0.29) is 0 Å². The molecule has 0 fully saturated rings. The van der Waals surface area contributed by atoms with Gasteiger partial charge < -0.3 is 9.88 Å². The number of halogens is 1. The normalized spacial score (nSPS) is 10.3. The van der Waals surface area contributed by atoms with E-state index in [0.29, 0.717) is 7.62 Å². The first-order chi connectivity index (χ1) is 7.33. The number of benzene rings is 2. The molecule has 2 aromatic carbocycles. The van der Waals surface area contributed by atoms with Crippen molar-refractivity contribution < 1.29 is 4.65 Å². The van der Waals surface area contributed by atoms with Crippen LogP contribution in [0.5, 0.6) is 0 Å². The molecule has 0 saturated heterocycles. The van der Waals surface area contributed by atoms with Gasteiger partial charge >= 0.3 is 7.62 Å². The summed E-state index contributed by atoms with van der Waals surface area (Å²) in [7, 11) is 2.18. The Hall–Kier alpha value is -0.995. The fourth-order valence-electron chi connectivity index (χ4n) is 1.52. The summed E-state index contributed by atoms with van der Waals surface area (Å²) in [5, 5.41) is 5.62. The van der Waals surface area contributed by atoms with E-state index in [1.54, 1.807) is 7.11 Å². The molecule has 0 atom stereocenters. The van der Waals surface area contributed by atoms with Crippen LogP contribution in [0.3, 0.4) is 0 Å². The fraction of sp³-hybridized carbons (Fsp3) is 0.0909. The maximum atomic E-state index is 4.98. The Kier molecular flexibility index (Phi) is 3.28. The zero-order valence-corrected chi connectivity index (χ0v) is 10.0. The Morgan fingerprint density at radius 3 is 2.80 bits per heavy atom. The lowest BCUT2D eigenvalue weighted by Gasteiger charge is -2.08. The van der Waals surface area contributed by atoms with Crippen molar-refractivity contribution in [2.24, 2.45) is 0 Å². The average molecular weight is 264 g/mol. The SMILES string of the molecule is COBNc1ccc2ccccc2c1Br. The Labute approximate surface area is 98.1 Å². The lowest BCUT2D eigenvalue weighted by Crippen LogP contribution is -2.08. The molecule has 0 aromatic heterocycles. The summed E-state index contributed by atoms with van der Waals surface area (Å²) in [6.45, 7) is 0. The van der Waals surface area contributed by atoms with Gasteiger partial charge in [-0.1, -0.05) is 30.3 Å². The molecule has 0 bridgehead atoms. The van der Waals surface area contributed by atoms with Crippen molar-refractivity contribution in [1.29, 1.82) is 0 Å². The van der Waals surface area contributed by atoms with Crippen LogP contribution in [0.15, 0.2) is 40.9 Å². The van der Waals surface area contributed by atoms with Crippen molar-refractivity contribution in [3.8, 4) is 0 Å². The van der Waals surface area contributed by atoms with Gasteiger partial charge in [-0.2, -0.15) is 0 Å². The van der Waals surface area contributed by atoms with E-state index < -0.39 is 0 Å². The van der Waals surface area contributed by atoms with Crippen LogP contribution in [0.2, 0.25) is 0 Å². The van der Waals surface area contributed by atoms with Gasteiger partial charge in [0.1, 0.15) is 0 Å². The molecule has 0 amide bonds. The Morgan fingerprint density at radius 2 is 2.00 bits per heavy atom. The van der Waals surface area contributed by atoms with Crippen LogP contribution in [0, 0.1) is 0 Å². The first-order valence-corrected chi connectivity index (χ1v) is 5.52. The minimum Gasteiger partial charge on any atom is -0.422 e. The summed E-state index contributed by atoms with van der Waals surface area (Å²) in [6.07, 6.45) is 0. The van der Waals surface area contributed by atoms with Crippen molar-refractivity contribution in [2.45, 2.75) is 0 Å². The molecular formula is C11H11BBrNO. The third-order valence-electron chi connectivity index (χ3n) is 2.27. The van der Waals surface area contributed by atoms with Crippen LogP contribution >= 0.6 is 15.9 Å². The molecule has 2 aromatic rings. The van der Waals surface area contributed by atoms with Gasteiger partial charge in [0.15, 0.2) is 0 Å². The second-order valence-electron chi connectivity index (χ2n) is 3.26. The van der Waals surface area contributed by atoms with E-state index in [1.165, 1.54) is 10.8 Å². The smallest absolute Gasteiger partial charge is 0.393 e. The minimum absolute atomic E-state index is 0.511. The molecule has 4 heteroatoms. The van der Waals surface area contributed by atoms with Crippen LogP contribution in [0.25, 0.3) is 10.8 Å². The molecule has 15 heavy (non-hydrogen) atoms. The summed E-state index contributed by atoms with van der Waals surface area (Å²) in [5.74, 6) is 0. The average Bonchev–Trinajstić information content (AvgIpc) is 2.29. The third kappa shape index (κ3) is 2.16. The van der Waals surface area contributed by atoms with Crippen molar-refractivity contribution in [3.63, 3.8) is 0 Å². The highest BCUT2D eigenvalue weighted by Crippen LogP contribution is 2.30. The number of rotatable bonds is 3. The molecular weight excluding hydrogens is 253 g/mol. The van der Waals surface area contributed by atoms with Gasteiger partial charge in [0.25, 0.3) is 0 Å². The van der Waals surface area contributed by atoms with E-state index in [0.717, 1.165) is 10.2 Å². The van der Waals surface area contributed by atoms with E-state index >= 15 is 0 Å². The van der Waals surface area contributed by atoms with Crippen molar-refractivity contribution in [2.75, 3.05) is 12.3 Å². The maximum absolute atomic E-state index is 4.98. The maximum Gasteiger partial charge on any atom is 0.393 e. The molecule has 2 rings (SSSR count). The summed E-state index contributed by atoms with van der Waals surface area (Å²) in [4.78, 5) is 0. The second-order valence-corrected chi connectivity index (χ2v) is 4.05. The summed E-state index contributed by atoms with van der Waals surface area (Å²) in [5.41, 5.74) is 1.05. The molecule has 2 nitrogen and oxygen atoms in total. The molecule has 76 valence electrons. The number of anilines is 1. The molecule has 0 aliphatic heterocycles. The van der Waals surface area contributed by atoms with Gasteiger partial charge in [-0.15, -0.1) is 0 Å². The Bertz CT molecular complexity index is 475. The van der Waals surface area contributed by atoms with E-state index in [2.05, 4.69) is 39.4 Å². The number of nitrogens with one attached hydrogen (secondary N) is 1. The topological polar surface area (TPSA) is 21.3 Å². The first kappa shape index (κ1) is 10.5. The fourth-order valence-corrected chi connectivity index (χ4v) is 2.15. The lowest BCUT2D eigenvalue weighted by molar-refractivity contribution is 0.446. The Morgan fingerprint density at radius 1 is 1.20 bits per heavy atom. The summed E-state index contributed by atoms with van der Waals surface area (Å²) in [6, 6.07) is 12.4. The number of hydrogen-bond acceptors (Lipinski definition) is 2. The predicted molar refractivity (Wildman–Crippen MR) is 69.4 cm³/mol. The zero-order chi connectivity index (χ0) is 10.7. The molecule has 0 aliphatic rings. The number of fused-ring (bicyclic) bond motifs is 1. The quantitative estimate of drug-likeness (QED) is 0.860. The van der Waals surface area contributed by atoms with Crippen LogP contribution in [-0.2, 0) is 4.65 Å². The van der Waals surface area contributed by atoms with Gasteiger partial charge in [0.2, 0.25) is 0 Å². The second kappa shape index (κ2) is 4.68. The Balaban J connectivity index is 2.45. The third-order valence-corrected chi connectivity index (χ3v) is 3.12. The van der Waals surface area contributed by atoms with Gasteiger partial charge in [-0.3, -0.25) is 0 Å². The summed E-state index contributed by atoms with van der Waals surface area (Å²) < 4.78 is 6.06. The van der Waals surface area contributed by atoms with Gasteiger partial charge in [-0.25, -0.2) is 0 Å². The van der Waals surface area contributed by atoms with E-state index in [9.17, 15) is 0 Å². The highest BCUT2D eigenvalue weighted by Gasteiger charge is 2.03. The standard InChI is InChI=1S/C11H11BBrNO/c1-15-12-14-10-7-6-8-4-2-3-5-9(8)11(10)13/h2-7,12,14H,1H3. The molecule has 1 N–H and O–H groups in total. The highest BCUT2D eigenvalue weighted by atomic mass is 79.9. The lowest BCUT2D eigenvalue weighted by atomic mass is 10.1. The van der Waals surface area contributed by atoms with Crippen molar-refractivity contribution in [3.05, 3.63) is 40.9 Å². The van der Waals surface area contributed by atoms with Crippen molar-refractivity contribution >= 4 is 40.0 Å². The molecule has 0 saturated carbocycles. The van der Waals surface area contributed by atoms with Crippen LogP contribution in [0.4, 0.5) is 5.69 Å². The first-order valence-electron chi connectivity index (χ1n) is 4.73. The molecule has 0 unspecified atom stereocenters. The van der Waals surface area contributed by atoms with Gasteiger partial charge in [0.05, 0.1) is 0 Å². The summed E-state index contributed by atoms with van der Waals surface area (Å²) >= 11 is 3.59. The van der Waals surface area contributed by atoms with Crippen molar-refractivity contribution in [1.82, 2.24) is 0 Å². The monoisotopic (exact) mass is 263 g/mol. The van der Waals surface area contributed by atoms with E-state index in [4.69, 9.17) is 4.65 Å². The molecule has 0 heterocycles. The van der Waals surface area contributed by atoms with Crippen LogP contribution in [0.1, 0.15) is 0 Å². The molecule has 0 spiro atoms. The molecule has 0 aliphatic carbocycles. The van der Waals surface area contributed by atoms with Crippen LogP contribution < -0.4 is 5.23 Å². The zero-order valence-electron chi connectivity index (χ0n) is 8.46. The molecule has 0 radical (unpaired) electrons. The number of hydrogen-bond donors (Lipinski definition) is 1. The highest BCUT2D eigenvalue weighted by molar-refractivity contribution is 9.10. The largest absolute Gasteiger partial charge is 0.422 e. The van der Waals surface area contributed by atoms with Gasteiger partial charge in [-0.05, 0) is 32.8 Å². The predicted octanol–water partition coefficient (Wildman–Crippen LogP) is 2.93. The minimum atomic E-state index is 0.511.